The van der Waals surface area contributed by atoms with E-state index in [9.17, 15) is 9.59 Å². The first-order valence-electron chi connectivity index (χ1n) is 3.18. The van der Waals surface area contributed by atoms with Gasteiger partial charge in [-0.3, -0.25) is 4.79 Å². The Morgan fingerprint density at radius 3 is 2.67 bits per heavy atom. The topological polar surface area (TPSA) is 80.2 Å². The molecule has 0 radical (unpaired) electrons. The third kappa shape index (κ3) is 1.63. The van der Waals surface area contributed by atoms with E-state index in [0.717, 1.165) is 0 Å². The molecule has 0 saturated heterocycles. The van der Waals surface area contributed by atoms with Crippen molar-refractivity contribution in [2.75, 3.05) is 0 Å². The fraction of sp³-hybridized carbons (Fsp3) is 0.143. The highest BCUT2D eigenvalue weighted by atomic mass is 16.4. The van der Waals surface area contributed by atoms with Gasteiger partial charge in [0, 0.05) is 13.1 Å². The highest BCUT2D eigenvalue weighted by Gasteiger charge is 2.08. The number of aromatic carboxylic acids is 1. The highest BCUT2D eigenvalue weighted by Crippen LogP contribution is 1.96. The lowest BCUT2D eigenvalue weighted by molar-refractivity contribution is 0.0683. The van der Waals surface area contributed by atoms with E-state index >= 15 is 0 Å². The number of nitrogens with zero attached hydrogens (tertiary/aromatic N) is 2. The first-order valence-corrected chi connectivity index (χ1v) is 3.18. The average molecular weight is 166 g/mol. The molecule has 0 fully saturated rings. The number of carbonyl (C=O) groups excluding carboxylic acids is 1. The Morgan fingerprint density at radius 1 is 1.50 bits per heavy atom. The van der Waals surface area contributed by atoms with Gasteiger partial charge in [-0.2, -0.15) is 0 Å². The highest BCUT2D eigenvalue weighted by molar-refractivity contribution is 5.93. The molecule has 0 spiro atoms. The maximum atomic E-state index is 10.7. The van der Waals surface area contributed by atoms with E-state index in [1.54, 1.807) is 0 Å². The van der Waals surface area contributed by atoms with Crippen LogP contribution in [0.1, 0.15) is 28.0 Å². The molecule has 12 heavy (non-hydrogen) atoms. The number of hydrogen-bond acceptors (Lipinski definition) is 4. The fourth-order valence-electron chi connectivity index (χ4n) is 0.658. The van der Waals surface area contributed by atoms with Gasteiger partial charge in [-0.05, 0) is 6.07 Å². The molecule has 0 aliphatic rings. The van der Waals surface area contributed by atoms with Gasteiger partial charge in [0.25, 0.3) is 0 Å². The summed E-state index contributed by atoms with van der Waals surface area (Å²) in [6.45, 7) is 1.31. The van der Waals surface area contributed by atoms with Crippen molar-refractivity contribution in [3.63, 3.8) is 0 Å². The van der Waals surface area contributed by atoms with Crippen LogP contribution in [0.5, 0.6) is 0 Å². The molecule has 5 nitrogen and oxygen atoms in total. The van der Waals surface area contributed by atoms with Gasteiger partial charge >= 0.3 is 5.97 Å². The molecule has 1 N–H and O–H groups in total. The first kappa shape index (κ1) is 8.32. The Morgan fingerprint density at radius 2 is 2.17 bits per heavy atom. The van der Waals surface area contributed by atoms with Crippen LogP contribution >= 0.6 is 0 Å². The Bertz CT molecular complexity index is 306. The van der Waals surface area contributed by atoms with Crippen molar-refractivity contribution >= 4 is 11.8 Å². The average Bonchev–Trinajstić information content (AvgIpc) is 2.04. The second-order valence-electron chi connectivity index (χ2n) is 2.13. The van der Waals surface area contributed by atoms with Crippen LogP contribution in [0.3, 0.4) is 0 Å². The molecule has 0 aliphatic heterocycles. The van der Waals surface area contributed by atoms with Crippen LogP contribution in [0.2, 0.25) is 0 Å². The van der Waals surface area contributed by atoms with Gasteiger partial charge in [0.05, 0.1) is 0 Å². The van der Waals surface area contributed by atoms with E-state index in [-0.39, 0.29) is 17.3 Å². The van der Waals surface area contributed by atoms with E-state index in [0.29, 0.717) is 0 Å². The summed E-state index contributed by atoms with van der Waals surface area (Å²) in [5.74, 6) is -1.87. The number of ketones is 1. The molecule has 0 amide bonds. The molecule has 1 aromatic heterocycles. The third-order valence-electron chi connectivity index (χ3n) is 1.21. The van der Waals surface area contributed by atoms with Crippen LogP contribution in [0.4, 0.5) is 0 Å². The number of aromatic nitrogens is 2. The summed E-state index contributed by atoms with van der Waals surface area (Å²) in [7, 11) is 0. The summed E-state index contributed by atoms with van der Waals surface area (Å²) >= 11 is 0. The molecule has 0 bridgehead atoms. The minimum absolute atomic E-state index is 0.113. The first-order chi connectivity index (χ1) is 5.61. The summed E-state index contributed by atoms with van der Waals surface area (Å²) < 4.78 is 0. The summed E-state index contributed by atoms with van der Waals surface area (Å²) in [4.78, 5) is 28.0. The van der Waals surface area contributed by atoms with Crippen LogP contribution in [0.15, 0.2) is 12.3 Å². The normalized spacial score (nSPS) is 9.42. The standard InChI is InChI=1S/C7H6N2O3/c1-4(10)5-2-3-8-6(9-5)7(11)12/h2-3H,1H3,(H,11,12). The predicted molar refractivity (Wildman–Crippen MR) is 39.0 cm³/mol. The quantitative estimate of drug-likeness (QED) is 0.642. The number of carboxylic acid groups (broad SMARTS) is 1. The molecule has 1 aromatic rings. The van der Waals surface area contributed by atoms with Crippen LogP contribution in [-0.2, 0) is 0 Å². The molecule has 1 rings (SSSR count). The van der Waals surface area contributed by atoms with E-state index in [2.05, 4.69) is 9.97 Å². The summed E-state index contributed by atoms with van der Waals surface area (Å²) in [5.41, 5.74) is 0.113. The number of carbonyl (C=O) groups is 2. The number of carboxylic acids is 1. The molecule has 0 aromatic carbocycles. The molecule has 0 unspecified atom stereocenters. The Hall–Kier alpha value is -1.78. The SMILES string of the molecule is CC(=O)c1ccnc(C(=O)O)n1. The summed E-state index contributed by atoms with van der Waals surface area (Å²) in [6, 6.07) is 1.37. The van der Waals surface area contributed by atoms with Crippen molar-refractivity contribution in [2.24, 2.45) is 0 Å². The lowest BCUT2D eigenvalue weighted by atomic mass is 10.3. The molecule has 0 aliphatic carbocycles. The van der Waals surface area contributed by atoms with Crippen molar-refractivity contribution in [1.82, 2.24) is 9.97 Å². The lowest BCUT2D eigenvalue weighted by Crippen LogP contribution is -2.07. The second kappa shape index (κ2) is 3.08. The van der Waals surface area contributed by atoms with Crippen LogP contribution in [0.25, 0.3) is 0 Å². The van der Waals surface area contributed by atoms with Gasteiger partial charge in [-0.15, -0.1) is 0 Å². The zero-order valence-corrected chi connectivity index (χ0v) is 6.31. The molecule has 0 atom stereocenters. The van der Waals surface area contributed by atoms with Gasteiger partial charge in [0.15, 0.2) is 5.78 Å². The van der Waals surface area contributed by atoms with Crippen LogP contribution in [0, 0.1) is 0 Å². The van der Waals surface area contributed by atoms with Crippen LogP contribution < -0.4 is 0 Å². The van der Waals surface area contributed by atoms with Crippen molar-refractivity contribution in [2.45, 2.75) is 6.92 Å². The van der Waals surface area contributed by atoms with E-state index in [4.69, 9.17) is 5.11 Å². The van der Waals surface area contributed by atoms with Crippen molar-refractivity contribution in [1.29, 1.82) is 0 Å². The minimum atomic E-state index is -1.24. The van der Waals surface area contributed by atoms with E-state index in [1.165, 1.54) is 19.2 Å². The van der Waals surface area contributed by atoms with Gasteiger partial charge in [0.1, 0.15) is 5.69 Å². The lowest BCUT2D eigenvalue weighted by Gasteiger charge is -1.94. The van der Waals surface area contributed by atoms with Gasteiger partial charge < -0.3 is 5.11 Å². The minimum Gasteiger partial charge on any atom is -0.475 e. The second-order valence-corrected chi connectivity index (χ2v) is 2.13. The van der Waals surface area contributed by atoms with Gasteiger partial charge in [0.2, 0.25) is 5.82 Å². The number of Topliss-reactive ketones (excluding diaryl/α,β-unsaturated/α-hetero) is 1. The number of rotatable bonds is 2. The molecule has 62 valence electrons. The zero-order valence-electron chi connectivity index (χ0n) is 6.31. The Labute approximate surface area is 68.1 Å². The van der Waals surface area contributed by atoms with Crippen molar-refractivity contribution < 1.29 is 14.7 Å². The van der Waals surface area contributed by atoms with Crippen LogP contribution in [-0.4, -0.2) is 26.8 Å². The monoisotopic (exact) mass is 166 g/mol. The fourth-order valence-corrected chi connectivity index (χ4v) is 0.658. The van der Waals surface area contributed by atoms with Crippen molar-refractivity contribution in [3.8, 4) is 0 Å². The molecular formula is C7H6N2O3. The predicted octanol–water partition coefficient (Wildman–Crippen LogP) is 0.377. The summed E-state index contributed by atoms with van der Waals surface area (Å²) in [6.07, 6.45) is 1.24. The smallest absolute Gasteiger partial charge is 0.373 e. The van der Waals surface area contributed by atoms with E-state index in [1.807, 2.05) is 0 Å². The Kier molecular flexibility index (Phi) is 2.14. The Balaban J connectivity index is 3.12. The molecule has 1 heterocycles. The van der Waals surface area contributed by atoms with Gasteiger partial charge in [-0.25, -0.2) is 14.8 Å². The third-order valence-corrected chi connectivity index (χ3v) is 1.21. The molecule has 0 saturated carbocycles. The molecular weight excluding hydrogens is 160 g/mol. The zero-order chi connectivity index (χ0) is 9.14. The van der Waals surface area contributed by atoms with Gasteiger partial charge in [-0.1, -0.05) is 0 Å². The largest absolute Gasteiger partial charge is 0.475 e. The summed E-state index contributed by atoms with van der Waals surface area (Å²) in [5, 5.41) is 8.45. The maximum absolute atomic E-state index is 10.7. The van der Waals surface area contributed by atoms with E-state index < -0.39 is 5.97 Å². The maximum Gasteiger partial charge on any atom is 0.373 e. The van der Waals surface area contributed by atoms with Crippen molar-refractivity contribution in [3.05, 3.63) is 23.8 Å². The number of hydrogen-bond donors (Lipinski definition) is 1. The molecule has 5 heteroatoms.